The Balaban J connectivity index is 1.53. The number of rotatable bonds is 2. The molecule has 0 atom stereocenters. The van der Waals surface area contributed by atoms with Gasteiger partial charge < -0.3 is 14.4 Å². The Morgan fingerprint density at radius 2 is 2.00 bits per heavy atom. The molecule has 5 nitrogen and oxygen atoms in total. The molecule has 2 aromatic carbocycles. The molecule has 2 aromatic heterocycles. The normalized spacial score (nSPS) is 13.3. The molecule has 3 heterocycles. The Morgan fingerprint density at radius 3 is 2.79 bits per heavy atom. The van der Waals surface area contributed by atoms with Gasteiger partial charge in [-0.1, -0.05) is 23.7 Å². The topological polar surface area (TPSA) is 62.4 Å². The summed E-state index contributed by atoms with van der Waals surface area (Å²) in [6, 6.07) is 12.3. The molecule has 1 aliphatic heterocycles. The second-order valence-corrected chi connectivity index (χ2v) is 7.30. The third-order valence-electron chi connectivity index (χ3n) is 4.97. The predicted octanol–water partition coefficient (Wildman–Crippen LogP) is 5.22. The average molecular weight is 396 g/mol. The van der Waals surface area contributed by atoms with E-state index in [0.717, 1.165) is 11.1 Å². The zero-order valence-electron chi connectivity index (χ0n) is 14.9. The maximum Gasteiger partial charge on any atom is 0.300 e. The summed E-state index contributed by atoms with van der Waals surface area (Å²) < 4.78 is 19.8. The van der Waals surface area contributed by atoms with Crippen LogP contribution in [-0.4, -0.2) is 15.1 Å². The SMILES string of the molecule is Cc1cc(Cl)cc(O)c1-c1ccc2oc(N3Cc4cccc(F)c4C3)nc2n1. The number of anilines is 1. The van der Waals surface area contributed by atoms with E-state index < -0.39 is 0 Å². The lowest BCUT2D eigenvalue weighted by molar-refractivity contribution is 0.477. The van der Waals surface area contributed by atoms with E-state index in [-0.39, 0.29) is 11.6 Å². The molecule has 0 fully saturated rings. The van der Waals surface area contributed by atoms with Crippen LogP contribution in [0.4, 0.5) is 10.4 Å². The van der Waals surface area contributed by atoms with Crippen LogP contribution >= 0.6 is 11.6 Å². The number of phenols is 1. The van der Waals surface area contributed by atoms with Crippen molar-refractivity contribution < 1.29 is 13.9 Å². The smallest absolute Gasteiger partial charge is 0.300 e. The van der Waals surface area contributed by atoms with Gasteiger partial charge in [-0.25, -0.2) is 9.37 Å². The maximum atomic E-state index is 14.0. The molecule has 0 saturated heterocycles. The minimum Gasteiger partial charge on any atom is -0.507 e. The molecule has 0 aliphatic carbocycles. The van der Waals surface area contributed by atoms with Crippen LogP contribution in [0.3, 0.4) is 0 Å². The van der Waals surface area contributed by atoms with Crippen LogP contribution in [0, 0.1) is 12.7 Å². The largest absolute Gasteiger partial charge is 0.507 e. The van der Waals surface area contributed by atoms with Crippen LogP contribution in [0.25, 0.3) is 22.5 Å². The van der Waals surface area contributed by atoms with Gasteiger partial charge in [0, 0.05) is 22.7 Å². The van der Waals surface area contributed by atoms with E-state index in [2.05, 4.69) is 9.97 Å². The average Bonchev–Trinajstić information content (AvgIpc) is 3.25. The number of phenolic OH excluding ortho intramolecular Hbond substituents is 1. The molecule has 0 bridgehead atoms. The molecule has 7 heteroatoms. The molecule has 0 spiro atoms. The lowest BCUT2D eigenvalue weighted by Crippen LogP contribution is -2.14. The summed E-state index contributed by atoms with van der Waals surface area (Å²) in [6.07, 6.45) is 0. The van der Waals surface area contributed by atoms with Gasteiger partial charge in [0.1, 0.15) is 11.6 Å². The van der Waals surface area contributed by atoms with Gasteiger partial charge in [-0.15, -0.1) is 0 Å². The zero-order valence-corrected chi connectivity index (χ0v) is 15.7. The summed E-state index contributed by atoms with van der Waals surface area (Å²) in [5.74, 6) is -0.156. The van der Waals surface area contributed by atoms with Crippen LogP contribution in [0.1, 0.15) is 16.7 Å². The van der Waals surface area contributed by atoms with Gasteiger partial charge in [0.25, 0.3) is 0 Å². The van der Waals surface area contributed by atoms with Crippen molar-refractivity contribution >= 4 is 28.8 Å². The number of oxazole rings is 1. The van der Waals surface area contributed by atoms with Crippen LogP contribution in [0.2, 0.25) is 5.02 Å². The quantitative estimate of drug-likeness (QED) is 0.504. The Bertz CT molecular complexity index is 1210. The Kier molecular flexibility index (Phi) is 3.77. The minimum absolute atomic E-state index is 0.0611. The summed E-state index contributed by atoms with van der Waals surface area (Å²) >= 11 is 5.99. The van der Waals surface area contributed by atoms with Gasteiger partial charge >= 0.3 is 6.01 Å². The number of benzene rings is 2. The molecule has 140 valence electrons. The van der Waals surface area contributed by atoms with Gasteiger partial charge in [-0.3, -0.25) is 0 Å². The van der Waals surface area contributed by atoms with Gasteiger partial charge in [0.2, 0.25) is 5.65 Å². The fourth-order valence-electron chi connectivity index (χ4n) is 3.66. The highest BCUT2D eigenvalue weighted by Gasteiger charge is 2.26. The van der Waals surface area contributed by atoms with Crippen molar-refractivity contribution in [2.45, 2.75) is 20.0 Å². The van der Waals surface area contributed by atoms with E-state index in [0.29, 0.717) is 52.2 Å². The first-order chi connectivity index (χ1) is 13.5. The molecule has 0 radical (unpaired) electrons. The fraction of sp³-hybridized carbons (Fsp3) is 0.143. The summed E-state index contributed by atoms with van der Waals surface area (Å²) in [4.78, 5) is 10.9. The number of halogens is 2. The van der Waals surface area contributed by atoms with Gasteiger partial charge in [-0.2, -0.15) is 4.98 Å². The van der Waals surface area contributed by atoms with E-state index in [9.17, 15) is 9.50 Å². The first-order valence-electron chi connectivity index (χ1n) is 8.78. The molecule has 4 aromatic rings. The third-order valence-corrected chi connectivity index (χ3v) is 5.19. The number of aromatic hydroxyl groups is 1. The number of aryl methyl sites for hydroxylation is 1. The molecular weight excluding hydrogens is 381 g/mol. The number of hydrogen-bond donors (Lipinski definition) is 1. The monoisotopic (exact) mass is 395 g/mol. The number of pyridine rings is 1. The molecule has 0 unspecified atom stereocenters. The maximum absolute atomic E-state index is 14.0. The van der Waals surface area contributed by atoms with Crippen molar-refractivity contribution in [3.63, 3.8) is 0 Å². The first kappa shape index (κ1) is 17.0. The van der Waals surface area contributed by atoms with Crippen molar-refractivity contribution in [1.82, 2.24) is 9.97 Å². The van der Waals surface area contributed by atoms with Crippen molar-refractivity contribution in [3.05, 3.63) is 70.0 Å². The van der Waals surface area contributed by atoms with Gasteiger partial charge in [-0.05, 0) is 48.4 Å². The molecule has 1 N–H and O–H groups in total. The molecule has 5 rings (SSSR count). The molecule has 0 saturated carbocycles. The summed E-state index contributed by atoms with van der Waals surface area (Å²) in [5.41, 5.74) is 4.55. The van der Waals surface area contributed by atoms with Crippen LogP contribution in [0.15, 0.2) is 46.9 Å². The van der Waals surface area contributed by atoms with Crippen molar-refractivity contribution in [2.24, 2.45) is 0 Å². The van der Waals surface area contributed by atoms with E-state index in [1.54, 1.807) is 24.3 Å². The van der Waals surface area contributed by atoms with E-state index in [1.165, 1.54) is 12.1 Å². The van der Waals surface area contributed by atoms with Gasteiger partial charge in [0.05, 0.1) is 12.2 Å². The molecule has 0 amide bonds. The van der Waals surface area contributed by atoms with E-state index in [4.69, 9.17) is 16.0 Å². The molecule has 28 heavy (non-hydrogen) atoms. The lowest BCUT2D eigenvalue weighted by atomic mass is 10.0. The van der Waals surface area contributed by atoms with Crippen LogP contribution < -0.4 is 4.90 Å². The lowest BCUT2D eigenvalue weighted by Gasteiger charge is -2.10. The van der Waals surface area contributed by atoms with Crippen molar-refractivity contribution in [2.75, 3.05) is 4.90 Å². The number of fused-ring (bicyclic) bond motifs is 2. The van der Waals surface area contributed by atoms with Crippen molar-refractivity contribution in [1.29, 1.82) is 0 Å². The Hall–Kier alpha value is -3.12. The van der Waals surface area contributed by atoms with E-state index >= 15 is 0 Å². The molecular formula is C21H15ClFN3O2. The number of nitrogens with zero attached hydrogens (tertiary/aromatic N) is 3. The van der Waals surface area contributed by atoms with Gasteiger partial charge in [0.15, 0.2) is 5.58 Å². The Morgan fingerprint density at radius 1 is 1.14 bits per heavy atom. The summed E-state index contributed by atoms with van der Waals surface area (Å²) in [7, 11) is 0. The number of aromatic nitrogens is 2. The number of hydrogen-bond acceptors (Lipinski definition) is 5. The summed E-state index contributed by atoms with van der Waals surface area (Å²) in [5, 5.41) is 10.8. The van der Waals surface area contributed by atoms with Crippen LogP contribution in [0.5, 0.6) is 5.75 Å². The first-order valence-corrected chi connectivity index (χ1v) is 9.15. The Labute approximate surface area is 165 Å². The second-order valence-electron chi connectivity index (χ2n) is 6.87. The van der Waals surface area contributed by atoms with Crippen LogP contribution in [-0.2, 0) is 13.1 Å². The molecule has 1 aliphatic rings. The third kappa shape index (κ3) is 2.68. The highest BCUT2D eigenvalue weighted by molar-refractivity contribution is 6.31. The standard InChI is InChI=1S/C21H15ClFN3O2/c1-11-7-13(22)8-17(27)19(11)16-5-6-18-20(24-16)25-21(28-18)26-9-12-3-2-4-15(23)14(12)10-26/h2-8,27H,9-10H2,1H3. The predicted molar refractivity (Wildman–Crippen MR) is 105 cm³/mol. The fourth-order valence-corrected chi connectivity index (χ4v) is 3.92. The highest BCUT2D eigenvalue weighted by atomic mass is 35.5. The summed E-state index contributed by atoms with van der Waals surface area (Å²) in [6.45, 7) is 2.79. The highest BCUT2D eigenvalue weighted by Crippen LogP contribution is 2.36. The van der Waals surface area contributed by atoms with E-state index in [1.807, 2.05) is 17.9 Å². The van der Waals surface area contributed by atoms with Crippen molar-refractivity contribution in [3.8, 4) is 17.0 Å². The minimum atomic E-state index is -0.217. The zero-order chi connectivity index (χ0) is 19.4. The second kappa shape index (κ2) is 6.21.